The van der Waals surface area contributed by atoms with E-state index in [0.29, 0.717) is 17.2 Å². The number of aryl methyl sites for hydroxylation is 1. The first-order valence-electron chi connectivity index (χ1n) is 7.32. The maximum absolute atomic E-state index is 13.3. The summed E-state index contributed by atoms with van der Waals surface area (Å²) < 4.78 is 27.2. The molecule has 118 valence electrons. The lowest BCUT2D eigenvalue weighted by Gasteiger charge is -2.05. The van der Waals surface area contributed by atoms with Crippen molar-refractivity contribution >= 4 is 10.8 Å². The largest absolute Gasteiger partial charge is 0.259 e. The summed E-state index contributed by atoms with van der Waals surface area (Å²) in [7, 11) is -1.03. The molecule has 1 aromatic heterocycles. The molecule has 0 bridgehead atoms. The Morgan fingerprint density at radius 3 is 2.70 bits per heavy atom. The van der Waals surface area contributed by atoms with Gasteiger partial charge in [0.1, 0.15) is 5.82 Å². The second-order valence-corrected chi connectivity index (χ2v) is 6.84. The van der Waals surface area contributed by atoms with Crippen LogP contribution in [0.1, 0.15) is 16.8 Å². The highest BCUT2D eigenvalue weighted by Gasteiger charge is 2.08. The van der Waals surface area contributed by atoms with Crippen molar-refractivity contribution in [1.29, 1.82) is 0 Å². The van der Waals surface area contributed by atoms with E-state index in [9.17, 15) is 8.60 Å². The Bertz CT molecular complexity index is 844. The molecule has 0 unspecified atom stereocenters. The van der Waals surface area contributed by atoms with Gasteiger partial charge in [0, 0.05) is 22.7 Å². The third-order valence-corrected chi connectivity index (χ3v) is 4.85. The number of hydrogen-bond acceptors (Lipinski definition) is 2. The first-order valence-corrected chi connectivity index (χ1v) is 8.80. The number of nitrogens with zero attached hydrogens (tertiary/aromatic N) is 2. The molecule has 5 heteroatoms. The summed E-state index contributed by atoms with van der Waals surface area (Å²) in [6, 6.07) is 16.0. The molecule has 0 aliphatic carbocycles. The first kappa shape index (κ1) is 15.6. The van der Waals surface area contributed by atoms with Crippen molar-refractivity contribution in [2.45, 2.75) is 18.4 Å². The van der Waals surface area contributed by atoms with Crippen molar-refractivity contribution in [2.75, 3.05) is 0 Å². The summed E-state index contributed by atoms with van der Waals surface area (Å²) in [4.78, 5) is 0. The van der Waals surface area contributed by atoms with Gasteiger partial charge in [-0.3, -0.25) is 4.21 Å². The lowest BCUT2D eigenvalue weighted by Crippen LogP contribution is -2.03. The Kier molecular flexibility index (Phi) is 4.67. The van der Waals surface area contributed by atoms with E-state index in [1.807, 2.05) is 37.3 Å². The lowest BCUT2D eigenvalue weighted by molar-refractivity contribution is 0.625. The van der Waals surface area contributed by atoms with Gasteiger partial charge < -0.3 is 0 Å². The van der Waals surface area contributed by atoms with Crippen LogP contribution in [0.25, 0.3) is 5.69 Å². The SMILES string of the molecule is Cc1ccccc1C[S@](=O)Cc1ccn(-c2cccc(F)c2)n1. The molecular formula is C18H17FN2OS. The highest BCUT2D eigenvalue weighted by molar-refractivity contribution is 7.83. The third-order valence-electron chi connectivity index (χ3n) is 3.60. The van der Waals surface area contributed by atoms with Gasteiger partial charge in [-0.2, -0.15) is 5.10 Å². The van der Waals surface area contributed by atoms with E-state index < -0.39 is 10.8 Å². The van der Waals surface area contributed by atoms with Crippen LogP contribution in [0.2, 0.25) is 0 Å². The molecule has 0 spiro atoms. The van der Waals surface area contributed by atoms with Gasteiger partial charge in [-0.15, -0.1) is 0 Å². The summed E-state index contributed by atoms with van der Waals surface area (Å²) >= 11 is 0. The highest BCUT2D eigenvalue weighted by Crippen LogP contribution is 2.14. The van der Waals surface area contributed by atoms with Crippen molar-refractivity contribution in [3.63, 3.8) is 0 Å². The molecule has 1 heterocycles. The van der Waals surface area contributed by atoms with Gasteiger partial charge >= 0.3 is 0 Å². The van der Waals surface area contributed by atoms with Gasteiger partial charge in [-0.05, 0) is 42.3 Å². The fraction of sp³-hybridized carbons (Fsp3) is 0.167. The van der Waals surface area contributed by atoms with E-state index in [0.717, 1.165) is 16.8 Å². The quantitative estimate of drug-likeness (QED) is 0.714. The minimum absolute atomic E-state index is 0.303. The first-order chi connectivity index (χ1) is 11.1. The summed E-state index contributed by atoms with van der Waals surface area (Å²) in [5.74, 6) is 0.596. The van der Waals surface area contributed by atoms with Gasteiger partial charge in [-0.25, -0.2) is 9.07 Å². The van der Waals surface area contributed by atoms with E-state index in [1.165, 1.54) is 12.1 Å². The maximum atomic E-state index is 13.3. The molecule has 0 fully saturated rings. The van der Waals surface area contributed by atoms with Gasteiger partial charge in [0.15, 0.2) is 0 Å². The standard InChI is InChI=1S/C18H17FN2OS/c1-14-5-2-3-6-15(14)12-23(22)13-17-9-10-21(20-17)18-8-4-7-16(19)11-18/h2-11H,12-13H2,1H3/t23-/m0/s1. The summed E-state index contributed by atoms with van der Waals surface area (Å²) in [5.41, 5.74) is 3.63. The van der Waals surface area contributed by atoms with Crippen LogP contribution in [0.4, 0.5) is 4.39 Å². The average Bonchev–Trinajstić information content (AvgIpc) is 2.98. The van der Waals surface area contributed by atoms with Crippen LogP contribution in [-0.2, 0) is 22.3 Å². The van der Waals surface area contributed by atoms with Crippen molar-refractivity contribution in [2.24, 2.45) is 0 Å². The van der Waals surface area contributed by atoms with E-state index in [-0.39, 0.29) is 5.82 Å². The minimum Gasteiger partial charge on any atom is -0.259 e. The van der Waals surface area contributed by atoms with Crippen LogP contribution >= 0.6 is 0 Å². The second kappa shape index (κ2) is 6.87. The molecule has 3 nitrogen and oxygen atoms in total. The zero-order chi connectivity index (χ0) is 16.2. The van der Waals surface area contributed by atoms with Crippen molar-refractivity contribution in [1.82, 2.24) is 9.78 Å². The predicted molar refractivity (Wildman–Crippen MR) is 90.3 cm³/mol. The maximum Gasteiger partial charge on any atom is 0.125 e. The third kappa shape index (κ3) is 3.93. The smallest absolute Gasteiger partial charge is 0.125 e. The summed E-state index contributed by atoms with van der Waals surface area (Å²) in [6.45, 7) is 2.02. The van der Waals surface area contributed by atoms with Crippen LogP contribution in [0.5, 0.6) is 0 Å². The predicted octanol–water partition coefficient (Wildman–Crippen LogP) is 3.77. The van der Waals surface area contributed by atoms with E-state index in [2.05, 4.69) is 5.10 Å². The number of aromatic nitrogens is 2. The molecule has 0 N–H and O–H groups in total. The Hall–Kier alpha value is -2.27. The van der Waals surface area contributed by atoms with E-state index in [4.69, 9.17) is 0 Å². The molecule has 0 amide bonds. The van der Waals surface area contributed by atoms with Gasteiger partial charge in [-0.1, -0.05) is 30.3 Å². The average molecular weight is 328 g/mol. The summed E-state index contributed by atoms with van der Waals surface area (Å²) in [5, 5.41) is 4.38. The molecule has 0 saturated heterocycles. The van der Waals surface area contributed by atoms with Crippen LogP contribution < -0.4 is 0 Å². The van der Waals surface area contributed by atoms with Crippen LogP contribution in [0.3, 0.4) is 0 Å². The number of benzene rings is 2. The van der Waals surface area contributed by atoms with Crippen LogP contribution in [-0.4, -0.2) is 14.0 Å². The molecule has 3 rings (SSSR count). The Morgan fingerprint density at radius 1 is 1.09 bits per heavy atom. The van der Waals surface area contributed by atoms with Gasteiger partial charge in [0.25, 0.3) is 0 Å². The zero-order valence-corrected chi connectivity index (χ0v) is 13.6. The van der Waals surface area contributed by atoms with Crippen molar-refractivity contribution < 1.29 is 8.60 Å². The van der Waals surface area contributed by atoms with Gasteiger partial charge in [0.2, 0.25) is 0 Å². The van der Waals surface area contributed by atoms with Crippen molar-refractivity contribution in [3.8, 4) is 5.69 Å². The molecule has 0 aliphatic heterocycles. The van der Waals surface area contributed by atoms with E-state index in [1.54, 1.807) is 23.0 Å². The fourth-order valence-electron chi connectivity index (χ4n) is 2.36. The lowest BCUT2D eigenvalue weighted by atomic mass is 10.1. The number of hydrogen-bond donors (Lipinski definition) is 0. The molecule has 0 saturated carbocycles. The second-order valence-electron chi connectivity index (χ2n) is 5.39. The number of rotatable bonds is 5. The molecular weight excluding hydrogens is 311 g/mol. The van der Waals surface area contributed by atoms with Crippen LogP contribution in [0, 0.1) is 12.7 Å². The molecule has 1 atom stereocenters. The molecule has 2 aromatic carbocycles. The highest BCUT2D eigenvalue weighted by atomic mass is 32.2. The molecule has 0 aliphatic rings. The van der Waals surface area contributed by atoms with Crippen LogP contribution in [0.15, 0.2) is 60.8 Å². The molecule has 23 heavy (non-hydrogen) atoms. The Labute approximate surface area is 137 Å². The molecule has 0 radical (unpaired) electrons. The monoisotopic (exact) mass is 328 g/mol. The fourth-order valence-corrected chi connectivity index (χ4v) is 3.62. The zero-order valence-electron chi connectivity index (χ0n) is 12.8. The van der Waals surface area contributed by atoms with Crippen molar-refractivity contribution in [3.05, 3.63) is 83.4 Å². The topological polar surface area (TPSA) is 34.9 Å². The summed E-state index contributed by atoms with van der Waals surface area (Å²) in [6.07, 6.45) is 1.76. The number of halogens is 1. The van der Waals surface area contributed by atoms with Gasteiger partial charge in [0.05, 0.1) is 17.1 Å². The normalized spacial score (nSPS) is 12.3. The Morgan fingerprint density at radius 2 is 1.91 bits per heavy atom. The minimum atomic E-state index is -1.03. The Balaban J connectivity index is 1.69. The van der Waals surface area contributed by atoms with E-state index >= 15 is 0 Å². The molecule has 3 aromatic rings.